The van der Waals surface area contributed by atoms with E-state index in [1.54, 1.807) is 0 Å². The molecule has 2 aromatic rings. The van der Waals surface area contributed by atoms with E-state index in [-0.39, 0.29) is 5.92 Å². The number of nitrogens with two attached hydrogens (primary N) is 1. The van der Waals surface area contributed by atoms with E-state index in [1.807, 2.05) is 36.9 Å². The van der Waals surface area contributed by atoms with Gasteiger partial charge in [0.25, 0.3) is 0 Å². The van der Waals surface area contributed by atoms with Gasteiger partial charge in [-0.05, 0) is 38.0 Å². The molecular weight excluding hydrogens is 416 g/mol. The molecule has 1 aromatic carbocycles. The first-order valence-corrected chi connectivity index (χ1v) is 14.0. The zero-order valence-corrected chi connectivity index (χ0v) is 18.9. The second-order valence-corrected chi connectivity index (χ2v) is 16.3. The van der Waals surface area contributed by atoms with Crippen LogP contribution in [-0.4, -0.2) is 32.0 Å². The molecule has 5 nitrogen and oxygen atoms in total. The van der Waals surface area contributed by atoms with Crippen molar-refractivity contribution in [3.63, 3.8) is 0 Å². The normalized spacial score (nSPS) is 15.2. The first-order valence-electron chi connectivity index (χ1n) is 8.30. The van der Waals surface area contributed by atoms with Crippen LogP contribution < -0.4 is 5.14 Å². The average Bonchev–Trinajstić information content (AvgIpc) is 2.92. The first-order chi connectivity index (χ1) is 11.5. The minimum Gasteiger partial charge on any atom is -0.255 e. The molecule has 0 saturated carbocycles. The van der Waals surface area contributed by atoms with Crippen LogP contribution in [0.3, 0.4) is 0 Å². The summed E-state index contributed by atoms with van der Waals surface area (Å²) in [5.74, 6) is 0.00554. The Morgan fingerprint density at radius 3 is 2.40 bits per heavy atom. The summed E-state index contributed by atoms with van der Waals surface area (Å²) in [6, 6.07) is 8.17. The molecule has 0 bridgehead atoms. The molecule has 25 heavy (non-hydrogen) atoms. The zero-order chi connectivity index (χ0) is 18.8. The van der Waals surface area contributed by atoms with Crippen molar-refractivity contribution < 1.29 is 4.21 Å². The van der Waals surface area contributed by atoms with Gasteiger partial charge >= 0.3 is 0 Å². The van der Waals surface area contributed by atoms with Gasteiger partial charge in [0.2, 0.25) is 0 Å². The standard InChI is InChI=1S/C17H27BrN4OSSi/c1-17(2,24(19)23)10-15(13-6-8-14(18)9-7-13)16-11-22(21-20-16)12-25(3,4)5/h6-9,11,15H,10,12,19H2,1-5H3/t15-,24?/m0/s1. The van der Waals surface area contributed by atoms with Gasteiger partial charge in [-0.3, -0.25) is 9.82 Å². The van der Waals surface area contributed by atoms with Crippen LogP contribution in [-0.2, 0) is 17.2 Å². The molecule has 0 radical (unpaired) electrons. The van der Waals surface area contributed by atoms with Crippen molar-refractivity contribution >= 4 is 35.0 Å². The van der Waals surface area contributed by atoms with Crippen LogP contribution in [0.15, 0.2) is 34.9 Å². The van der Waals surface area contributed by atoms with Gasteiger partial charge in [-0.2, -0.15) is 0 Å². The summed E-state index contributed by atoms with van der Waals surface area (Å²) >= 11 is 3.48. The van der Waals surface area contributed by atoms with Crippen molar-refractivity contribution in [2.45, 2.75) is 56.7 Å². The van der Waals surface area contributed by atoms with E-state index >= 15 is 0 Å². The van der Waals surface area contributed by atoms with Gasteiger partial charge in [-0.25, -0.2) is 4.21 Å². The molecular formula is C17H27BrN4OSSi. The Morgan fingerprint density at radius 2 is 1.88 bits per heavy atom. The summed E-state index contributed by atoms with van der Waals surface area (Å²) < 4.78 is 14.4. The fourth-order valence-electron chi connectivity index (χ4n) is 2.70. The zero-order valence-electron chi connectivity index (χ0n) is 15.5. The molecule has 1 unspecified atom stereocenters. The minimum atomic E-state index is -1.41. The van der Waals surface area contributed by atoms with Crippen molar-refractivity contribution in [2.75, 3.05) is 0 Å². The van der Waals surface area contributed by atoms with Gasteiger partial charge in [-0.1, -0.05) is 52.9 Å². The molecule has 0 aliphatic heterocycles. The summed E-state index contributed by atoms with van der Waals surface area (Å²) in [6.07, 6.45) is 3.60. The average molecular weight is 443 g/mol. The molecule has 0 amide bonds. The molecule has 1 heterocycles. The van der Waals surface area contributed by atoms with Crippen LogP contribution in [0, 0.1) is 0 Å². The van der Waals surface area contributed by atoms with Crippen molar-refractivity contribution in [3.05, 3.63) is 46.2 Å². The molecule has 138 valence electrons. The van der Waals surface area contributed by atoms with Gasteiger partial charge in [0, 0.05) is 22.8 Å². The summed E-state index contributed by atoms with van der Waals surface area (Å²) in [4.78, 5) is 0. The van der Waals surface area contributed by atoms with Crippen LogP contribution in [0.25, 0.3) is 0 Å². The topological polar surface area (TPSA) is 73.8 Å². The molecule has 2 rings (SSSR count). The summed E-state index contributed by atoms with van der Waals surface area (Å²) in [6.45, 7) is 10.8. The third-order valence-electron chi connectivity index (χ3n) is 4.06. The van der Waals surface area contributed by atoms with Crippen LogP contribution in [0.5, 0.6) is 0 Å². The lowest BCUT2D eigenvalue weighted by atomic mass is 9.87. The van der Waals surface area contributed by atoms with Gasteiger partial charge in [-0.15, -0.1) is 5.10 Å². The number of hydrogen-bond acceptors (Lipinski definition) is 3. The fourth-order valence-corrected chi connectivity index (χ4v) is 4.42. The number of hydrogen-bond donors (Lipinski definition) is 1. The van der Waals surface area contributed by atoms with Crippen molar-refractivity contribution in [2.24, 2.45) is 5.14 Å². The molecule has 0 aliphatic carbocycles. The fraction of sp³-hybridized carbons (Fsp3) is 0.529. The Labute approximate surface area is 162 Å². The Balaban J connectivity index is 2.38. The summed E-state index contributed by atoms with van der Waals surface area (Å²) in [7, 11) is -2.70. The third kappa shape index (κ3) is 5.84. The summed E-state index contributed by atoms with van der Waals surface area (Å²) in [5, 5.41) is 14.5. The highest BCUT2D eigenvalue weighted by Gasteiger charge is 2.31. The van der Waals surface area contributed by atoms with Crippen molar-refractivity contribution in [1.29, 1.82) is 0 Å². The smallest absolute Gasteiger partial charge is 0.0945 e. The van der Waals surface area contributed by atoms with E-state index in [0.717, 1.165) is 21.9 Å². The minimum absolute atomic E-state index is 0.00554. The molecule has 2 N–H and O–H groups in total. The Morgan fingerprint density at radius 1 is 1.28 bits per heavy atom. The van der Waals surface area contributed by atoms with E-state index in [9.17, 15) is 4.21 Å². The number of aromatic nitrogens is 3. The number of rotatable bonds is 7. The van der Waals surface area contributed by atoms with Gasteiger partial charge < -0.3 is 0 Å². The Hall–Kier alpha value is -0.833. The SMILES string of the molecule is CC(C)(C[C@@H](c1ccc(Br)cc1)c1cn(C[Si](C)(C)C)nn1)S(N)=O. The molecule has 8 heteroatoms. The number of benzene rings is 1. The second kappa shape index (κ2) is 7.81. The number of halogens is 1. The lowest BCUT2D eigenvalue weighted by Gasteiger charge is -2.26. The predicted molar refractivity (Wildman–Crippen MR) is 110 cm³/mol. The van der Waals surface area contributed by atoms with Crippen LogP contribution in [0.2, 0.25) is 19.6 Å². The van der Waals surface area contributed by atoms with Crippen LogP contribution in [0.4, 0.5) is 0 Å². The lowest BCUT2D eigenvalue weighted by Crippen LogP contribution is -2.34. The molecule has 0 spiro atoms. The van der Waals surface area contributed by atoms with Gasteiger partial charge in [0.1, 0.15) is 0 Å². The lowest BCUT2D eigenvalue weighted by molar-refractivity contribution is 0.549. The quantitative estimate of drug-likeness (QED) is 0.661. The maximum atomic E-state index is 12.0. The Bertz CT molecular complexity index is 740. The second-order valence-electron chi connectivity index (χ2n) is 8.27. The summed E-state index contributed by atoms with van der Waals surface area (Å²) in [5.41, 5.74) is 2.03. The maximum Gasteiger partial charge on any atom is 0.0945 e. The monoisotopic (exact) mass is 442 g/mol. The Kier molecular flexibility index (Phi) is 6.40. The third-order valence-corrected chi connectivity index (χ3v) is 7.12. The van der Waals surface area contributed by atoms with Crippen LogP contribution >= 0.6 is 15.9 Å². The van der Waals surface area contributed by atoms with Crippen LogP contribution in [0.1, 0.15) is 37.4 Å². The van der Waals surface area contributed by atoms with E-state index < -0.39 is 23.8 Å². The van der Waals surface area contributed by atoms with Gasteiger partial charge in [0.15, 0.2) is 0 Å². The number of nitrogens with zero attached hydrogens (tertiary/aromatic N) is 3. The molecule has 2 atom stereocenters. The highest BCUT2D eigenvalue weighted by molar-refractivity contribution is 9.10. The first kappa shape index (κ1) is 20.5. The molecule has 0 fully saturated rings. The maximum absolute atomic E-state index is 12.0. The molecule has 0 aliphatic rings. The molecule has 0 saturated heterocycles. The van der Waals surface area contributed by atoms with Crippen molar-refractivity contribution in [3.8, 4) is 0 Å². The predicted octanol–water partition coefficient (Wildman–Crippen LogP) is 3.84. The van der Waals surface area contributed by atoms with Gasteiger partial charge in [0.05, 0.1) is 29.5 Å². The van der Waals surface area contributed by atoms with E-state index in [4.69, 9.17) is 5.14 Å². The highest BCUT2D eigenvalue weighted by atomic mass is 79.9. The largest absolute Gasteiger partial charge is 0.255 e. The van der Waals surface area contributed by atoms with E-state index in [1.165, 1.54) is 0 Å². The molecule has 1 aromatic heterocycles. The highest BCUT2D eigenvalue weighted by Crippen LogP contribution is 2.34. The van der Waals surface area contributed by atoms with E-state index in [2.05, 4.69) is 58.0 Å². The van der Waals surface area contributed by atoms with Crippen molar-refractivity contribution in [1.82, 2.24) is 15.0 Å². The van der Waals surface area contributed by atoms with E-state index in [0.29, 0.717) is 6.42 Å².